The number of amides is 3. The van der Waals surface area contributed by atoms with E-state index in [0.717, 1.165) is 67.4 Å². The Morgan fingerprint density at radius 1 is 0.897 bits per heavy atom. The van der Waals surface area contributed by atoms with Crippen LogP contribution in [-0.4, -0.2) is 55.7 Å². The Labute approximate surface area is 230 Å². The van der Waals surface area contributed by atoms with Crippen molar-refractivity contribution in [1.29, 1.82) is 0 Å². The number of nitrogens with zero attached hydrogens (tertiary/aromatic N) is 3. The fourth-order valence-corrected chi connectivity index (χ4v) is 5.44. The van der Waals surface area contributed by atoms with Gasteiger partial charge in [0.25, 0.3) is 0 Å². The molecule has 8 nitrogen and oxygen atoms in total. The van der Waals surface area contributed by atoms with E-state index in [0.29, 0.717) is 18.7 Å². The predicted molar refractivity (Wildman–Crippen MR) is 156 cm³/mol. The topological polar surface area (TPSA) is 91.1 Å². The van der Waals surface area contributed by atoms with Gasteiger partial charge in [0.1, 0.15) is 5.75 Å². The molecule has 2 heterocycles. The van der Waals surface area contributed by atoms with Crippen molar-refractivity contribution in [3.63, 3.8) is 0 Å². The molecule has 39 heavy (non-hydrogen) atoms. The third kappa shape index (κ3) is 6.52. The fourth-order valence-electron chi connectivity index (χ4n) is 5.44. The van der Waals surface area contributed by atoms with Gasteiger partial charge < -0.3 is 25.6 Å². The molecule has 3 N–H and O–H groups in total. The Balaban J connectivity index is 1.18. The van der Waals surface area contributed by atoms with Crippen LogP contribution < -0.4 is 25.6 Å². The summed E-state index contributed by atoms with van der Waals surface area (Å²) >= 11 is 0. The zero-order chi connectivity index (χ0) is 27.4. The van der Waals surface area contributed by atoms with Crippen molar-refractivity contribution in [2.75, 3.05) is 47.8 Å². The lowest BCUT2D eigenvalue weighted by molar-refractivity contribution is -0.117. The molecule has 0 atom stereocenters. The molecule has 3 aromatic carbocycles. The van der Waals surface area contributed by atoms with E-state index in [-0.39, 0.29) is 12.0 Å². The van der Waals surface area contributed by atoms with E-state index in [1.54, 1.807) is 0 Å². The molecule has 0 bridgehead atoms. The lowest BCUT2D eigenvalue weighted by atomic mass is 10.1. The monoisotopic (exact) mass is 527 g/mol. The second kappa shape index (κ2) is 11.8. The van der Waals surface area contributed by atoms with Crippen molar-refractivity contribution < 1.29 is 14.3 Å². The highest BCUT2D eigenvalue weighted by molar-refractivity contribution is 5.98. The molecule has 3 amide bonds. The van der Waals surface area contributed by atoms with Crippen LogP contribution in [0.3, 0.4) is 0 Å². The molecular formula is C31H37N5O3. The van der Waals surface area contributed by atoms with E-state index in [1.165, 1.54) is 5.56 Å². The van der Waals surface area contributed by atoms with Crippen LogP contribution in [0.5, 0.6) is 5.75 Å². The summed E-state index contributed by atoms with van der Waals surface area (Å²) in [5.41, 5.74) is 11.2. The molecule has 1 fully saturated rings. The summed E-state index contributed by atoms with van der Waals surface area (Å²) in [5, 5.41) is 2.60. The normalized spacial score (nSPS) is 15.4. The number of nitrogens with two attached hydrogens (primary N) is 1. The first-order valence-corrected chi connectivity index (χ1v) is 13.7. The van der Waals surface area contributed by atoms with Gasteiger partial charge in [-0.25, -0.2) is 4.79 Å². The van der Waals surface area contributed by atoms with Crippen LogP contribution in [0, 0.1) is 0 Å². The molecule has 2 aliphatic rings. The number of para-hydroxylation sites is 2. The second-order valence-electron chi connectivity index (χ2n) is 10.5. The standard InChI is InChI=1S/C31H37N5O3/c1-22(2)39-29-9-4-3-8-27(29)35-16-14-34(15-17-35)21-24-7-5-6-23(18-24)19-30(37)36-13-12-25-10-11-26(20-28(25)36)33-31(32)38/h3-11,18,20,22H,12-17,19,21H2,1-2H3,(H3,32,33,38). The van der Waals surface area contributed by atoms with Crippen molar-refractivity contribution >= 4 is 29.0 Å². The van der Waals surface area contributed by atoms with Gasteiger partial charge in [-0.15, -0.1) is 0 Å². The molecule has 0 radical (unpaired) electrons. The number of hydrogen-bond donors (Lipinski definition) is 2. The van der Waals surface area contributed by atoms with Crippen LogP contribution >= 0.6 is 0 Å². The number of urea groups is 1. The van der Waals surface area contributed by atoms with Gasteiger partial charge in [-0.2, -0.15) is 0 Å². The summed E-state index contributed by atoms with van der Waals surface area (Å²) in [6, 6.07) is 21.6. The zero-order valence-corrected chi connectivity index (χ0v) is 22.7. The first-order valence-electron chi connectivity index (χ1n) is 13.7. The number of nitrogens with one attached hydrogen (secondary N) is 1. The lowest BCUT2D eigenvalue weighted by Gasteiger charge is -2.37. The molecule has 204 valence electrons. The van der Waals surface area contributed by atoms with Crippen molar-refractivity contribution in [3.05, 3.63) is 83.4 Å². The van der Waals surface area contributed by atoms with E-state index < -0.39 is 6.03 Å². The van der Waals surface area contributed by atoms with Gasteiger partial charge in [0.15, 0.2) is 0 Å². The maximum Gasteiger partial charge on any atom is 0.316 e. The van der Waals surface area contributed by atoms with Crippen LogP contribution in [0.2, 0.25) is 0 Å². The quantitative estimate of drug-likeness (QED) is 0.453. The van der Waals surface area contributed by atoms with E-state index in [1.807, 2.05) is 47.4 Å². The average Bonchev–Trinajstić information content (AvgIpc) is 3.33. The van der Waals surface area contributed by atoms with Gasteiger partial charge in [-0.3, -0.25) is 9.69 Å². The third-order valence-corrected chi connectivity index (χ3v) is 7.24. The van der Waals surface area contributed by atoms with Gasteiger partial charge in [0.05, 0.1) is 18.2 Å². The average molecular weight is 528 g/mol. The van der Waals surface area contributed by atoms with Gasteiger partial charge in [0, 0.05) is 50.6 Å². The number of ether oxygens (including phenoxy) is 1. The van der Waals surface area contributed by atoms with Crippen LogP contribution in [0.4, 0.5) is 21.9 Å². The molecule has 5 rings (SSSR count). The summed E-state index contributed by atoms with van der Waals surface area (Å²) < 4.78 is 6.04. The molecule has 3 aromatic rings. The maximum atomic E-state index is 13.3. The first kappa shape index (κ1) is 26.6. The number of piperazine rings is 1. The molecule has 1 saturated heterocycles. The summed E-state index contributed by atoms with van der Waals surface area (Å²) in [4.78, 5) is 31.2. The summed E-state index contributed by atoms with van der Waals surface area (Å²) in [6.07, 6.45) is 1.28. The molecule has 0 saturated carbocycles. The minimum absolute atomic E-state index is 0.0537. The minimum Gasteiger partial charge on any atom is -0.489 e. The van der Waals surface area contributed by atoms with E-state index in [4.69, 9.17) is 10.5 Å². The first-order chi connectivity index (χ1) is 18.9. The Bertz CT molecular complexity index is 1330. The largest absolute Gasteiger partial charge is 0.489 e. The molecule has 0 aliphatic carbocycles. The summed E-state index contributed by atoms with van der Waals surface area (Å²) in [7, 11) is 0. The third-order valence-electron chi connectivity index (χ3n) is 7.24. The van der Waals surface area contributed by atoms with Crippen LogP contribution in [0.25, 0.3) is 0 Å². The van der Waals surface area contributed by atoms with Gasteiger partial charge in [-0.05, 0) is 61.2 Å². The summed E-state index contributed by atoms with van der Waals surface area (Å²) in [5.74, 6) is 0.998. The van der Waals surface area contributed by atoms with Gasteiger partial charge >= 0.3 is 6.03 Å². The number of rotatable bonds is 8. The number of carbonyl (C=O) groups is 2. The SMILES string of the molecule is CC(C)Oc1ccccc1N1CCN(Cc2cccc(CC(=O)N3CCc4ccc(NC(N)=O)cc43)c2)CC1. The maximum absolute atomic E-state index is 13.3. The van der Waals surface area contributed by atoms with Crippen LogP contribution in [-0.2, 0) is 24.2 Å². The minimum atomic E-state index is -0.617. The molecule has 0 aromatic heterocycles. The Kier molecular flexibility index (Phi) is 8.02. The number of hydrogen-bond acceptors (Lipinski definition) is 5. The highest BCUT2D eigenvalue weighted by atomic mass is 16.5. The number of primary amides is 1. The molecule has 2 aliphatic heterocycles. The molecule has 0 spiro atoms. The van der Waals surface area contributed by atoms with E-state index in [2.05, 4.69) is 53.2 Å². The van der Waals surface area contributed by atoms with Crippen molar-refractivity contribution in [1.82, 2.24) is 4.90 Å². The van der Waals surface area contributed by atoms with Crippen molar-refractivity contribution in [3.8, 4) is 5.75 Å². The Hall–Kier alpha value is -4.04. The van der Waals surface area contributed by atoms with E-state index in [9.17, 15) is 9.59 Å². The highest BCUT2D eigenvalue weighted by Crippen LogP contribution is 2.32. The van der Waals surface area contributed by atoms with E-state index >= 15 is 0 Å². The lowest BCUT2D eigenvalue weighted by Crippen LogP contribution is -2.46. The summed E-state index contributed by atoms with van der Waals surface area (Å²) in [6.45, 7) is 9.42. The van der Waals surface area contributed by atoms with Gasteiger partial charge in [-0.1, -0.05) is 42.5 Å². The van der Waals surface area contributed by atoms with Crippen molar-refractivity contribution in [2.45, 2.75) is 39.3 Å². The number of anilines is 3. The number of fused-ring (bicyclic) bond motifs is 1. The van der Waals surface area contributed by atoms with Gasteiger partial charge in [0.2, 0.25) is 5.91 Å². The molecular weight excluding hydrogens is 490 g/mol. The molecule has 8 heteroatoms. The zero-order valence-electron chi connectivity index (χ0n) is 22.7. The van der Waals surface area contributed by atoms with Crippen LogP contribution in [0.15, 0.2) is 66.7 Å². The predicted octanol–water partition coefficient (Wildman–Crippen LogP) is 4.42. The number of carbonyl (C=O) groups excluding carboxylic acids is 2. The van der Waals surface area contributed by atoms with Crippen molar-refractivity contribution in [2.24, 2.45) is 5.73 Å². The second-order valence-corrected chi connectivity index (χ2v) is 10.5. The highest BCUT2D eigenvalue weighted by Gasteiger charge is 2.25. The number of benzene rings is 3. The Morgan fingerprint density at radius 3 is 2.44 bits per heavy atom. The smallest absolute Gasteiger partial charge is 0.316 e. The fraction of sp³-hybridized carbons (Fsp3) is 0.355. The van der Waals surface area contributed by atoms with Crippen LogP contribution in [0.1, 0.15) is 30.5 Å². The Morgan fingerprint density at radius 2 is 1.67 bits per heavy atom. The molecule has 0 unspecified atom stereocenters.